The Morgan fingerprint density at radius 3 is 2.67 bits per heavy atom. The minimum absolute atomic E-state index is 0.0428. The summed E-state index contributed by atoms with van der Waals surface area (Å²) in [6, 6.07) is 16.0. The number of fused-ring (bicyclic) bond motifs is 1. The molecule has 0 fully saturated rings. The third-order valence-corrected chi connectivity index (χ3v) is 4.24. The van der Waals surface area contributed by atoms with Crippen molar-refractivity contribution in [1.82, 2.24) is 9.88 Å². The van der Waals surface area contributed by atoms with Gasteiger partial charge in [-0.1, -0.05) is 36.4 Å². The first kappa shape index (κ1) is 16.1. The van der Waals surface area contributed by atoms with Crippen LogP contribution in [0.4, 0.5) is 0 Å². The van der Waals surface area contributed by atoms with Gasteiger partial charge in [0.1, 0.15) is 5.75 Å². The summed E-state index contributed by atoms with van der Waals surface area (Å²) in [5.41, 5.74) is 3.31. The molecule has 0 saturated carbocycles. The van der Waals surface area contributed by atoms with Gasteiger partial charge in [0.15, 0.2) is 0 Å². The average Bonchev–Trinajstić information content (AvgIpc) is 2.91. The molecule has 24 heavy (non-hydrogen) atoms. The smallest absolute Gasteiger partial charge is 0.224 e. The minimum Gasteiger partial charge on any atom is -0.496 e. The molecule has 4 heteroatoms. The molecular formula is C20H22N2O2. The molecule has 0 bridgehead atoms. The monoisotopic (exact) mass is 322 g/mol. The highest BCUT2D eigenvalue weighted by molar-refractivity contribution is 5.89. The molecule has 0 unspecified atom stereocenters. The first-order valence-electron chi connectivity index (χ1n) is 8.10. The highest BCUT2D eigenvalue weighted by Crippen LogP contribution is 2.21. The quantitative estimate of drug-likeness (QED) is 0.758. The lowest BCUT2D eigenvalue weighted by atomic mass is 10.1. The predicted octanol–water partition coefficient (Wildman–Crippen LogP) is 3.09. The Balaban J connectivity index is 1.59. The molecule has 124 valence electrons. The normalized spacial score (nSPS) is 10.8. The maximum Gasteiger partial charge on any atom is 0.224 e. The molecule has 1 aromatic heterocycles. The van der Waals surface area contributed by atoms with E-state index in [9.17, 15) is 4.79 Å². The molecule has 0 aliphatic carbocycles. The van der Waals surface area contributed by atoms with Gasteiger partial charge in [-0.2, -0.15) is 0 Å². The Morgan fingerprint density at radius 2 is 1.83 bits per heavy atom. The molecule has 1 heterocycles. The van der Waals surface area contributed by atoms with Crippen LogP contribution in [0.15, 0.2) is 54.7 Å². The van der Waals surface area contributed by atoms with Gasteiger partial charge < -0.3 is 14.6 Å². The second-order valence-electron chi connectivity index (χ2n) is 5.87. The standard InChI is InChI=1S/C20H22N2O2/c1-22-14-16(17-8-4-5-9-18(17)22)13-20(23)21-12-11-15-7-3-6-10-19(15)24-2/h3-10,14H,11-13H2,1-2H3,(H,21,23). The van der Waals surface area contributed by atoms with E-state index >= 15 is 0 Å². The van der Waals surface area contributed by atoms with Crippen molar-refractivity contribution in [2.24, 2.45) is 7.05 Å². The summed E-state index contributed by atoms with van der Waals surface area (Å²) < 4.78 is 7.40. The number of carbonyl (C=O) groups is 1. The third kappa shape index (κ3) is 3.43. The van der Waals surface area contributed by atoms with E-state index in [1.165, 1.54) is 0 Å². The fourth-order valence-corrected chi connectivity index (χ4v) is 3.05. The lowest BCUT2D eigenvalue weighted by Crippen LogP contribution is -2.27. The van der Waals surface area contributed by atoms with Gasteiger partial charge in [-0.15, -0.1) is 0 Å². The number of methoxy groups -OCH3 is 1. The second-order valence-corrected chi connectivity index (χ2v) is 5.87. The largest absolute Gasteiger partial charge is 0.496 e. The van der Waals surface area contributed by atoms with Crippen LogP contribution in [0.1, 0.15) is 11.1 Å². The first-order valence-corrected chi connectivity index (χ1v) is 8.10. The van der Waals surface area contributed by atoms with Crippen molar-refractivity contribution in [2.45, 2.75) is 12.8 Å². The third-order valence-electron chi connectivity index (χ3n) is 4.24. The lowest BCUT2D eigenvalue weighted by molar-refractivity contribution is -0.120. The number of para-hydroxylation sites is 2. The summed E-state index contributed by atoms with van der Waals surface area (Å²) in [6.07, 6.45) is 3.18. The van der Waals surface area contributed by atoms with Gasteiger partial charge in [-0.25, -0.2) is 0 Å². The van der Waals surface area contributed by atoms with E-state index in [1.807, 2.05) is 49.6 Å². The Hall–Kier alpha value is -2.75. The fraction of sp³-hybridized carbons (Fsp3) is 0.250. The fourth-order valence-electron chi connectivity index (χ4n) is 3.05. The molecule has 1 amide bonds. The zero-order valence-electron chi connectivity index (χ0n) is 14.1. The Labute approximate surface area is 142 Å². The van der Waals surface area contributed by atoms with Crippen LogP contribution in [-0.2, 0) is 24.7 Å². The molecule has 1 N–H and O–H groups in total. The Kier molecular flexibility index (Phi) is 4.85. The van der Waals surface area contributed by atoms with Crippen molar-refractivity contribution in [3.05, 3.63) is 65.9 Å². The van der Waals surface area contributed by atoms with Crippen LogP contribution < -0.4 is 10.1 Å². The number of rotatable bonds is 6. The van der Waals surface area contributed by atoms with Crippen LogP contribution >= 0.6 is 0 Å². The number of nitrogens with zero attached hydrogens (tertiary/aromatic N) is 1. The summed E-state index contributed by atoms with van der Waals surface area (Å²) in [5, 5.41) is 4.14. The van der Waals surface area contributed by atoms with Crippen molar-refractivity contribution >= 4 is 16.8 Å². The maximum atomic E-state index is 12.3. The molecule has 0 atom stereocenters. The van der Waals surface area contributed by atoms with Crippen molar-refractivity contribution in [3.63, 3.8) is 0 Å². The predicted molar refractivity (Wildman–Crippen MR) is 96.3 cm³/mol. The number of hydrogen-bond acceptors (Lipinski definition) is 2. The molecule has 0 aliphatic rings. The van der Waals surface area contributed by atoms with E-state index in [0.717, 1.165) is 34.2 Å². The van der Waals surface area contributed by atoms with E-state index in [1.54, 1.807) is 7.11 Å². The summed E-state index contributed by atoms with van der Waals surface area (Å²) in [6.45, 7) is 0.601. The summed E-state index contributed by atoms with van der Waals surface area (Å²) in [5.74, 6) is 0.905. The molecule has 4 nitrogen and oxygen atoms in total. The molecule has 2 aromatic carbocycles. The zero-order chi connectivity index (χ0) is 16.9. The number of aromatic nitrogens is 1. The molecule has 3 aromatic rings. The second kappa shape index (κ2) is 7.21. The van der Waals surface area contributed by atoms with E-state index in [0.29, 0.717) is 13.0 Å². The molecule has 3 rings (SSSR count). The van der Waals surface area contributed by atoms with Crippen LogP contribution in [0.25, 0.3) is 10.9 Å². The topological polar surface area (TPSA) is 43.3 Å². The molecule has 0 radical (unpaired) electrons. The molecule has 0 saturated heterocycles. The highest BCUT2D eigenvalue weighted by Gasteiger charge is 2.10. The van der Waals surface area contributed by atoms with Crippen LogP contribution in [0, 0.1) is 0 Å². The number of aryl methyl sites for hydroxylation is 1. The minimum atomic E-state index is 0.0428. The highest BCUT2D eigenvalue weighted by atomic mass is 16.5. The van der Waals surface area contributed by atoms with Crippen molar-refractivity contribution in [2.75, 3.05) is 13.7 Å². The Bertz CT molecular complexity index is 852. The number of benzene rings is 2. The zero-order valence-corrected chi connectivity index (χ0v) is 14.1. The van der Waals surface area contributed by atoms with Crippen molar-refractivity contribution in [3.8, 4) is 5.75 Å². The molecular weight excluding hydrogens is 300 g/mol. The number of nitrogens with one attached hydrogen (secondary N) is 1. The number of carbonyl (C=O) groups excluding carboxylic acids is 1. The average molecular weight is 322 g/mol. The SMILES string of the molecule is COc1ccccc1CCNC(=O)Cc1cn(C)c2ccccc12. The van der Waals surface area contributed by atoms with Gasteiger partial charge in [0.05, 0.1) is 13.5 Å². The number of hydrogen-bond donors (Lipinski definition) is 1. The van der Waals surface area contributed by atoms with E-state index in [2.05, 4.69) is 22.0 Å². The Morgan fingerprint density at radius 1 is 1.08 bits per heavy atom. The summed E-state index contributed by atoms with van der Waals surface area (Å²) in [4.78, 5) is 12.3. The van der Waals surface area contributed by atoms with Crippen molar-refractivity contribution in [1.29, 1.82) is 0 Å². The van der Waals surface area contributed by atoms with Crippen LogP contribution in [0.2, 0.25) is 0 Å². The van der Waals surface area contributed by atoms with Gasteiger partial charge in [-0.05, 0) is 29.7 Å². The lowest BCUT2D eigenvalue weighted by Gasteiger charge is -2.09. The molecule has 0 spiro atoms. The van der Waals surface area contributed by atoms with Crippen LogP contribution in [0.5, 0.6) is 5.75 Å². The van der Waals surface area contributed by atoms with Gasteiger partial charge in [0, 0.05) is 30.7 Å². The van der Waals surface area contributed by atoms with Crippen LogP contribution in [-0.4, -0.2) is 24.1 Å². The first-order chi connectivity index (χ1) is 11.7. The van der Waals surface area contributed by atoms with Gasteiger partial charge >= 0.3 is 0 Å². The van der Waals surface area contributed by atoms with E-state index in [-0.39, 0.29) is 5.91 Å². The summed E-state index contributed by atoms with van der Waals surface area (Å²) in [7, 11) is 3.67. The number of amides is 1. The van der Waals surface area contributed by atoms with E-state index in [4.69, 9.17) is 4.74 Å². The van der Waals surface area contributed by atoms with Gasteiger partial charge in [0.25, 0.3) is 0 Å². The molecule has 0 aliphatic heterocycles. The number of ether oxygens (including phenoxy) is 1. The summed E-state index contributed by atoms with van der Waals surface area (Å²) >= 11 is 0. The van der Waals surface area contributed by atoms with E-state index < -0.39 is 0 Å². The van der Waals surface area contributed by atoms with Crippen molar-refractivity contribution < 1.29 is 9.53 Å². The van der Waals surface area contributed by atoms with Crippen LogP contribution in [0.3, 0.4) is 0 Å². The van der Waals surface area contributed by atoms with Gasteiger partial charge in [-0.3, -0.25) is 4.79 Å². The maximum absolute atomic E-state index is 12.3. The van der Waals surface area contributed by atoms with Gasteiger partial charge in [0.2, 0.25) is 5.91 Å².